The molecule has 0 aliphatic carbocycles. The van der Waals surface area contributed by atoms with Crippen LogP contribution in [0, 0.1) is 0 Å². The Hall–Kier alpha value is -2.35. The molecule has 0 radical (unpaired) electrons. The molecule has 1 aromatic rings. The van der Waals surface area contributed by atoms with Crippen LogP contribution >= 0.6 is 12.4 Å². The van der Waals surface area contributed by atoms with Crippen LogP contribution in [-0.4, -0.2) is 88.3 Å². The molecule has 1 aliphatic rings. The van der Waals surface area contributed by atoms with Crippen LogP contribution in [0.3, 0.4) is 0 Å². The smallest absolute Gasteiger partial charge is 0.328 e. The van der Waals surface area contributed by atoms with E-state index >= 15 is 0 Å². The summed E-state index contributed by atoms with van der Waals surface area (Å²) >= 11 is 0. The number of nitrogens with zero attached hydrogens (tertiary/aromatic N) is 4. The minimum absolute atomic E-state index is 0. The summed E-state index contributed by atoms with van der Waals surface area (Å²) in [6.07, 6.45) is 0. The maximum Gasteiger partial charge on any atom is 0.328 e. The van der Waals surface area contributed by atoms with Crippen LogP contribution in [0.2, 0.25) is 0 Å². The topological polar surface area (TPSA) is 65.6 Å². The fourth-order valence-corrected chi connectivity index (χ4v) is 2.77. The number of carbonyl (C=O) groups excluding carboxylic acids is 2. The predicted octanol–water partition coefficient (Wildman–Crippen LogP) is 1.98. The van der Waals surface area contributed by atoms with Gasteiger partial charge in [-0.15, -0.1) is 12.4 Å². The molecule has 1 heterocycles. The van der Waals surface area contributed by atoms with Gasteiger partial charge < -0.3 is 24.2 Å². The number of halogens is 1. The predicted molar refractivity (Wildman–Crippen MR) is 103 cm³/mol. The maximum absolute atomic E-state index is 12.4. The Morgan fingerprint density at radius 3 is 2.04 bits per heavy atom. The minimum atomic E-state index is -0.327. The lowest BCUT2D eigenvalue weighted by Gasteiger charge is -2.37. The van der Waals surface area contributed by atoms with E-state index in [0.717, 1.165) is 10.6 Å². The van der Waals surface area contributed by atoms with Crippen molar-refractivity contribution < 1.29 is 19.1 Å². The molecule has 26 heavy (non-hydrogen) atoms. The molecule has 2 rings (SSSR count). The zero-order chi connectivity index (χ0) is 18.6. The molecule has 4 amide bonds. The zero-order valence-corrected chi connectivity index (χ0v) is 16.7. The van der Waals surface area contributed by atoms with Gasteiger partial charge in [-0.25, -0.2) is 14.5 Å². The van der Waals surface area contributed by atoms with Crippen molar-refractivity contribution in [1.82, 2.24) is 14.7 Å². The molecule has 0 saturated carbocycles. The van der Waals surface area contributed by atoms with Gasteiger partial charge in [0.2, 0.25) is 0 Å². The van der Waals surface area contributed by atoms with Crippen molar-refractivity contribution in [2.24, 2.45) is 0 Å². The first kappa shape index (κ1) is 21.7. The van der Waals surface area contributed by atoms with E-state index in [1.165, 1.54) is 11.9 Å². The zero-order valence-electron chi connectivity index (χ0n) is 15.9. The van der Waals surface area contributed by atoms with Crippen molar-refractivity contribution in [2.75, 3.05) is 66.4 Å². The van der Waals surface area contributed by atoms with Crippen molar-refractivity contribution in [3.63, 3.8) is 0 Å². The Morgan fingerprint density at radius 2 is 1.54 bits per heavy atom. The van der Waals surface area contributed by atoms with Gasteiger partial charge in [-0.3, -0.25) is 0 Å². The fraction of sp³-hybridized carbons (Fsp3) is 0.529. The average Bonchev–Trinajstić information content (AvgIpc) is 2.65. The van der Waals surface area contributed by atoms with Crippen molar-refractivity contribution in [3.8, 4) is 11.5 Å². The Balaban J connectivity index is 0.00000338. The van der Waals surface area contributed by atoms with Crippen molar-refractivity contribution in [3.05, 3.63) is 18.2 Å². The monoisotopic (exact) mass is 386 g/mol. The number of hydrogen-bond donors (Lipinski definition) is 0. The molecule has 0 aromatic heterocycles. The number of rotatable bonds is 3. The number of amides is 4. The van der Waals surface area contributed by atoms with Gasteiger partial charge in [0.25, 0.3) is 0 Å². The Labute approximate surface area is 160 Å². The molecule has 146 valence electrons. The third-order valence-electron chi connectivity index (χ3n) is 4.24. The molecule has 9 heteroatoms. The summed E-state index contributed by atoms with van der Waals surface area (Å²) in [4.78, 5) is 30.7. The lowest BCUT2D eigenvalue weighted by molar-refractivity contribution is 0.149. The van der Waals surface area contributed by atoms with Crippen LogP contribution < -0.4 is 14.4 Å². The standard InChI is InChI=1S/C17H26N4O4.ClH/c1-18(2)16(22)19(3)17(23)21-10-8-20(9-11-21)13-6-7-14(24-4)15(12-13)25-5;/h6-7,12H,8-11H2,1-5H3;1H. The molecule has 8 nitrogen and oxygen atoms in total. The summed E-state index contributed by atoms with van der Waals surface area (Å²) < 4.78 is 10.6. The van der Waals surface area contributed by atoms with E-state index in [-0.39, 0.29) is 24.5 Å². The summed E-state index contributed by atoms with van der Waals surface area (Å²) in [6, 6.07) is 5.17. The van der Waals surface area contributed by atoms with Crippen LogP contribution in [0.4, 0.5) is 15.3 Å². The number of carbonyl (C=O) groups is 2. The largest absolute Gasteiger partial charge is 0.493 e. The van der Waals surface area contributed by atoms with Gasteiger partial charge in [0.1, 0.15) is 0 Å². The summed E-state index contributed by atoms with van der Waals surface area (Å²) in [5.74, 6) is 1.36. The number of methoxy groups -OCH3 is 2. The first-order chi connectivity index (χ1) is 11.9. The second-order valence-corrected chi connectivity index (χ2v) is 6.03. The molecule has 0 bridgehead atoms. The van der Waals surface area contributed by atoms with Crippen LogP contribution in [0.15, 0.2) is 18.2 Å². The number of benzene rings is 1. The third kappa shape index (κ3) is 4.63. The summed E-state index contributed by atoms with van der Waals surface area (Å²) in [5, 5.41) is 0. The molecule has 1 aliphatic heterocycles. The molecule has 0 N–H and O–H groups in total. The van der Waals surface area contributed by atoms with Crippen LogP contribution in [0.5, 0.6) is 11.5 Å². The van der Waals surface area contributed by atoms with E-state index in [1.54, 1.807) is 33.2 Å². The van der Waals surface area contributed by atoms with Gasteiger partial charge in [-0.05, 0) is 12.1 Å². The first-order valence-corrected chi connectivity index (χ1v) is 8.10. The maximum atomic E-state index is 12.4. The highest BCUT2D eigenvalue weighted by molar-refractivity contribution is 5.93. The van der Waals surface area contributed by atoms with E-state index in [2.05, 4.69) is 4.90 Å². The summed E-state index contributed by atoms with van der Waals surface area (Å²) in [6.45, 7) is 2.48. The highest BCUT2D eigenvalue weighted by Crippen LogP contribution is 2.31. The van der Waals surface area contributed by atoms with E-state index in [4.69, 9.17) is 9.47 Å². The molecule has 1 aromatic carbocycles. The number of piperazine rings is 1. The third-order valence-corrected chi connectivity index (χ3v) is 4.24. The quantitative estimate of drug-likeness (QED) is 0.794. The van der Waals surface area contributed by atoms with Crippen LogP contribution in [0.1, 0.15) is 0 Å². The SMILES string of the molecule is COc1ccc(N2CCN(C(=O)N(C)C(=O)N(C)C)CC2)cc1OC.Cl. The van der Waals surface area contributed by atoms with Gasteiger partial charge in [0.05, 0.1) is 14.2 Å². The van der Waals surface area contributed by atoms with Crippen molar-refractivity contribution >= 4 is 30.2 Å². The summed E-state index contributed by atoms with van der Waals surface area (Å²) in [5.41, 5.74) is 1.02. The molecule has 1 saturated heterocycles. The minimum Gasteiger partial charge on any atom is -0.493 e. The van der Waals surface area contributed by atoms with E-state index in [0.29, 0.717) is 37.7 Å². The second-order valence-electron chi connectivity index (χ2n) is 6.03. The van der Waals surface area contributed by atoms with E-state index in [9.17, 15) is 9.59 Å². The second kappa shape index (κ2) is 9.38. The highest BCUT2D eigenvalue weighted by atomic mass is 35.5. The molecule has 0 spiro atoms. The van der Waals surface area contributed by atoms with Gasteiger partial charge in [-0.2, -0.15) is 0 Å². The van der Waals surface area contributed by atoms with Crippen LogP contribution in [-0.2, 0) is 0 Å². The lowest BCUT2D eigenvalue weighted by atomic mass is 10.2. The van der Waals surface area contributed by atoms with Gasteiger partial charge in [0, 0.05) is 59.1 Å². The van der Waals surface area contributed by atoms with E-state index in [1.807, 2.05) is 18.2 Å². The van der Waals surface area contributed by atoms with Crippen LogP contribution in [0.25, 0.3) is 0 Å². The van der Waals surface area contributed by atoms with Gasteiger partial charge in [0.15, 0.2) is 11.5 Å². The summed E-state index contributed by atoms with van der Waals surface area (Å²) in [7, 11) is 7.97. The number of ether oxygens (including phenoxy) is 2. The molecular weight excluding hydrogens is 360 g/mol. The van der Waals surface area contributed by atoms with E-state index < -0.39 is 0 Å². The fourth-order valence-electron chi connectivity index (χ4n) is 2.77. The first-order valence-electron chi connectivity index (χ1n) is 8.10. The normalized spacial score (nSPS) is 13.6. The lowest BCUT2D eigenvalue weighted by Crippen LogP contribution is -2.54. The Morgan fingerprint density at radius 1 is 0.962 bits per heavy atom. The molecule has 1 fully saturated rings. The average molecular weight is 387 g/mol. The van der Waals surface area contributed by atoms with Crippen molar-refractivity contribution in [1.29, 1.82) is 0 Å². The Kier molecular flexibility index (Phi) is 7.82. The van der Waals surface area contributed by atoms with Gasteiger partial charge in [-0.1, -0.05) is 0 Å². The van der Waals surface area contributed by atoms with Crippen molar-refractivity contribution in [2.45, 2.75) is 0 Å². The molecule has 0 atom stereocenters. The molecular formula is C17H27ClN4O4. The molecule has 0 unspecified atom stereocenters. The number of imide groups is 1. The van der Waals surface area contributed by atoms with Gasteiger partial charge >= 0.3 is 12.1 Å². The number of hydrogen-bond acceptors (Lipinski definition) is 5. The number of anilines is 1. The Bertz CT molecular complexity index is 633. The highest BCUT2D eigenvalue weighted by Gasteiger charge is 2.27. The number of urea groups is 2.